The number of nitrogens with two attached hydrogens (primary N) is 1. The van der Waals surface area contributed by atoms with Gasteiger partial charge in [-0.25, -0.2) is 0 Å². The van der Waals surface area contributed by atoms with Gasteiger partial charge in [-0.05, 0) is 6.07 Å². The maximum absolute atomic E-state index is 11.5. The number of methoxy groups -OCH3 is 1. The van der Waals surface area contributed by atoms with Crippen LogP contribution in [0.15, 0.2) is 12.1 Å². The molecule has 0 radical (unpaired) electrons. The number of fused-ring (bicyclic) bond motifs is 1. The van der Waals surface area contributed by atoms with Crippen LogP contribution in [0.25, 0.3) is 0 Å². The summed E-state index contributed by atoms with van der Waals surface area (Å²) >= 11 is 0. The summed E-state index contributed by atoms with van der Waals surface area (Å²) < 4.78 is 15.4. The smallest absolute Gasteiger partial charge is 0.231 e. The second kappa shape index (κ2) is 3.78. The van der Waals surface area contributed by atoms with Gasteiger partial charge in [0.15, 0.2) is 17.3 Å². The molecular weight excluding hydrogens is 198 g/mol. The Balaban J connectivity index is 2.48. The highest BCUT2D eigenvalue weighted by molar-refractivity contribution is 6.00. The van der Waals surface area contributed by atoms with Crippen LogP contribution < -0.4 is 19.9 Å². The Labute approximate surface area is 86.7 Å². The van der Waals surface area contributed by atoms with Gasteiger partial charge in [0.05, 0.1) is 19.2 Å². The second-order valence-corrected chi connectivity index (χ2v) is 3.03. The lowest BCUT2D eigenvalue weighted by Gasteiger charge is -2.07. The van der Waals surface area contributed by atoms with E-state index in [1.54, 1.807) is 12.1 Å². The van der Waals surface area contributed by atoms with Crippen molar-refractivity contribution in [2.45, 2.75) is 0 Å². The zero-order valence-corrected chi connectivity index (χ0v) is 8.28. The average Bonchev–Trinajstić information content (AvgIpc) is 2.73. The summed E-state index contributed by atoms with van der Waals surface area (Å²) in [6.45, 7) is 0.106. The van der Waals surface area contributed by atoms with Crippen molar-refractivity contribution in [3.05, 3.63) is 17.7 Å². The zero-order valence-electron chi connectivity index (χ0n) is 8.28. The van der Waals surface area contributed by atoms with Crippen molar-refractivity contribution in [1.82, 2.24) is 0 Å². The molecule has 0 aromatic heterocycles. The van der Waals surface area contributed by atoms with Crippen LogP contribution in [0.2, 0.25) is 0 Å². The van der Waals surface area contributed by atoms with Gasteiger partial charge in [-0.2, -0.15) is 0 Å². The van der Waals surface area contributed by atoms with E-state index in [1.165, 1.54) is 7.11 Å². The molecule has 1 aromatic rings. The Hall–Kier alpha value is -1.75. The van der Waals surface area contributed by atoms with Crippen LogP contribution in [0.5, 0.6) is 17.2 Å². The molecule has 0 fully saturated rings. The molecule has 0 aliphatic carbocycles. The highest BCUT2D eigenvalue weighted by Crippen LogP contribution is 2.38. The highest BCUT2D eigenvalue weighted by atomic mass is 16.7. The maximum Gasteiger partial charge on any atom is 0.231 e. The van der Waals surface area contributed by atoms with E-state index < -0.39 is 0 Å². The summed E-state index contributed by atoms with van der Waals surface area (Å²) in [4.78, 5) is 11.5. The van der Waals surface area contributed by atoms with E-state index in [1.807, 2.05) is 0 Å². The van der Waals surface area contributed by atoms with Crippen molar-refractivity contribution in [3.8, 4) is 17.2 Å². The molecule has 5 heteroatoms. The summed E-state index contributed by atoms with van der Waals surface area (Å²) in [6, 6.07) is 3.22. The lowest BCUT2D eigenvalue weighted by atomic mass is 10.1. The van der Waals surface area contributed by atoms with Crippen LogP contribution in [-0.2, 0) is 0 Å². The molecule has 15 heavy (non-hydrogen) atoms. The molecule has 80 valence electrons. The van der Waals surface area contributed by atoms with Crippen molar-refractivity contribution in [3.63, 3.8) is 0 Å². The Kier molecular flexibility index (Phi) is 2.47. The van der Waals surface area contributed by atoms with Gasteiger partial charge in [0.1, 0.15) is 5.75 Å². The van der Waals surface area contributed by atoms with Crippen molar-refractivity contribution in [1.29, 1.82) is 0 Å². The Morgan fingerprint density at radius 3 is 2.73 bits per heavy atom. The van der Waals surface area contributed by atoms with Crippen LogP contribution in [0.4, 0.5) is 0 Å². The molecular formula is C10H11NO4. The van der Waals surface area contributed by atoms with Crippen LogP contribution in [0.3, 0.4) is 0 Å². The van der Waals surface area contributed by atoms with E-state index in [0.717, 1.165) is 0 Å². The number of carbonyl (C=O) groups excluding carboxylic acids is 1. The van der Waals surface area contributed by atoms with Gasteiger partial charge in [0.25, 0.3) is 0 Å². The first-order valence-electron chi connectivity index (χ1n) is 4.47. The number of ether oxygens (including phenoxy) is 3. The number of Topliss-reactive ketones (excluding diaryl/α,β-unsaturated/α-hetero) is 1. The quantitative estimate of drug-likeness (QED) is 0.737. The first-order valence-corrected chi connectivity index (χ1v) is 4.47. The van der Waals surface area contributed by atoms with Gasteiger partial charge in [-0.15, -0.1) is 0 Å². The van der Waals surface area contributed by atoms with Crippen LogP contribution in [0, 0.1) is 0 Å². The lowest BCUT2D eigenvalue weighted by molar-refractivity contribution is 0.0998. The Bertz CT molecular complexity index is 403. The van der Waals surface area contributed by atoms with Crippen molar-refractivity contribution < 1.29 is 19.0 Å². The van der Waals surface area contributed by atoms with Gasteiger partial charge < -0.3 is 19.9 Å². The Morgan fingerprint density at radius 2 is 2.13 bits per heavy atom. The molecule has 0 saturated carbocycles. The molecule has 0 bridgehead atoms. The minimum atomic E-state index is -0.190. The molecule has 0 atom stereocenters. The average molecular weight is 209 g/mol. The predicted octanol–water partition coefficient (Wildman–Crippen LogP) is 0.565. The molecule has 2 N–H and O–H groups in total. The van der Waals surface area contributed by atoms with Crippen LogP contribution in [0.1, 0.15) is 10.4 Å². The number of rotatable bonds is 3. The first kappa shape index (κ1) is 9.79. The van der Waals surface area contributed by atoms with Gasteiger partial charge in [-0.3, -0.25) is 4.79 Å². The number of hydrogen-bond acceptors (Lipinski definition) is 5. The van der Waals surface area contributed by atoms with Gasteiger partial charge in [-0.1, -0.05) is 0 Å². The van der Waals surface area contributed by atoms with E-state index in [-0.39, 0.29) is 19.1 Å². The standard InChI is InChI=1S/C10H11NO4/c1-13-8-3-10-9(14-5-15-10)2-6(8)7(12)4-11/h2-3H,4-5,11H2,1H3. The number of hydrogen-bond donors (Lipinski definition) is 1. The first-order chi connectivity index (χ1) is 7.26. The number of carbonyl (C=O) groups is 1. The topological polar surface area (TPSA) is 70.8 Å². The van der Waals surface area contributed by atoms with Crippen molar-refractivity contribution >= 4 is 5.78 Å². The zero-order chi connectivity index (χ0) is 10.8. The fourth-order valence-electron chi connectivity index (χ4n) is 1.42. The SMILES string of the molecule is COc1cc2c(cc1C(=O)CN)OCO2. The van der Waals surface area contributed by atoms with E-state index in [9.17, 15) is 4.79 Å². The summed E-state index contributed by atoms with van der Waals surface area (Å²) in [5.74, 6) is 1.40. The third kappa shape index (κ3) is 1.61. The van der Waals surface area contributed by atoms with Crippen LogP contribution in [-0.4, -0.2) is 26.2 Å². The normalized spacial score (nSPS) is 12.7. The Morgan fingerprint density at radius 1 is 1.47 bits per heavy atom. The van der Waals surface area contributed by atoms with Gasteiger partial charge in [0.2, 0.25) is 6.79 Å². The van der Waals surface area contributed by atoms with E-state index >= 15 is 0 Å². The largest absolute Gasteiger partial charge is 0.496 e. The molecule has 0 unspecified atom stereocenters. The van der Waals surface area contributed by atoms with E-state index in [2.05, 4.69) is 0 Å². The summed E-state index contributed by atoms with van der Waals surface area (Å²) in [5.41, 5.74) is 5.72. The minimum absolute atomic E-state index is 0.0595. The molecule has 5 nitrogen and oxygen atoms in total. The summed E-state index contributed by atoms with van der Waals surface area (Å²) in [5, 5.41) is 0. The molecule has 1 aliphatic rings. The molecule has 1 aliphatic heterocycles. The molecule has 0 spiro atoms. The maximum atomic E-state index is 11.5. The van der Waals surface area contributed by atoms with Crippen molar-refractivity contribution in [2.75, 3.05) is 20.4 Å². The minimum Gasteiger partial charge on any atom is -0.496 e. The van der Waals surface area contributed by atoms with E-state index in [4.69, 9.17) is 19.9 Å². The van der Waals surface area contributed by atoms with E-state index in [0.29, 0.717) is 22.8 Å². The second-order valence-electron chi connectivity index (χ2n) is 3.03. The molecule has 1 heterocycles. The van der Waals surface area contributed by atoms with Gasteiger partial charge in [0, 0.05) is 6.07 Å². The predicted molar refractivity (Wildman–Crippen MR) is 52.5 cm³/mol. The summed E-state index contributed by atoms with van der Waals surface area (Å²) in [7, 11) is 1.49. The fraction of sp³-hybridized carbons (Fsp3) is 0.300. The van der Waals surface area contributed by atoms with Gasteiger partial charge >= 0.3 is 0 Å². The molecule has 0 amide bonds. The number of benzene rings is 1. The molecule has 2 rings (SSSR count). The highest BCUT2D eigenvalue weighted by Gasteiger charge is 2.20. The van der Waals surface area contributed by atoms with Crippen molar-refractivity contribution in [2.24, 2.45) is 5.73 Å². The van der Waals surface area contributed by atoms with Crippen LogP contribution >= 0.6 is 0 Å². The molecule has 1 aromatic carbocycles. The monoisotopic (exact) mass is 209 g/mol. The third-order valence-electron chi connectivity index (χ3n) is 2.18. The third-order valence-corrected chi connectivity index (χ3v) is 2.18. The molecule has 0 saturated heterocycles. The fourth-order valence-corrected chi connectivity index (χ4v) is 1.42. The number of ketones is 1. The summed E-state index contributed by atoms with van der Waals surface area (Å²) in [6.07, 6.45) is 0. The lowest BCUT2D eigenvalue weighted by Crippen LogP contribution is -2.14.